The van der Waals surface area contributed by atoms with Crippen molar-refractivity contribution in [3.05, 3.63) is 41.9 Å². The normalized spacial score (nSPS) is 20.4. The number of hydrogen-bond donors (Lipinski definition) is 1. The molecule has 0 fully saturated rings. The fourth-order valence-electron chi connectivity index (χ4n) is 2.92. The maximum Gasteiger partial charge on any atom is 0.178 e. The molecule has 0 aliphatic heterocycles. The van der Waals surface area contributed by atoms with Crippen LogP contribution in [-0.4, -0.2) is 22.0 Å². The second-order valence-corrected chi connectivity index (χ2v) is 6.20. The van der Waals surface area contributed by atoms with Crippen LogP contribution in [0, 0.1) is 5.41 Å². The molecule has 0 aromatic carbocycles. The summed E-state index contributed by atoms with van der Waals surface area (Å²) in [6, 6.07) is 6.16. The Morgan fingerprint density at radius 2 is 2.10 bits per heavy atom. The first-order valence-electron chi connectivity index (χ1n) is 7.03. The van der Waals surface area contributed by atoms with E-state index in [0.717, 1.165) is 30.1 Å². The van der Waals surface area contributed by atoms with E-state index in [0.29, 0.717) is 6.04 Å². The average Bonchev–Trinajstić information content (AvgIpc) is 2.45. The van der Waals surface area contributed by atoms with Crippen LogP contribution in [0.15, 0.2) is 30.6 Å². The van der Waals surface area contributed by atoms with E-state index < -0.39 is 0 Å². The van der Waals surface area contributed by atoms with Crippen LogP contribution in [0.3, 0.4) is 0 Å². The van der Waals surface area contributed by atoms with E-state index in [-0.39, 0.29) is 5.41 Å². The van der Waals surface area contributed by atoms with Crippen molar-refractivity contribution in [1.29, 1.82) is 0 Å². The van der Waals surface area contributed by atoms with Crippen molar-refractivity contribution >= 4 is 0 Å². The fourth-order valence-corrected chi connectivity index (χ4v) is 2.92. The lowest BCUT2D eigenvalue weighted by atomic mass is 9.74. The second-order valence-electron chi connectivity index (χ2n) is 6.20. The van der Waals surface area contributed by atoms with Crippen molar-refractivity contribution in [3.63, 3.8) is 0 Å². The van der Waals surface area contributed by atoms with Crippen LogP contribution in [0.5, 0.6) is 0 Å². The van der Waals surface area contributed by atoms with Crippen LogP contribution in [0.1, 0.15) is 37.6 Å². The monoisotopic (exact) mass is 268 g/mol. The van der Waals surface area contributed by atoms with Crippen molar-refractivity contribution in [1.82, 2.24) is 20.3 Å². The molecule has 0 saturated heterocycles. The van der Waals surface area contributed by atoms with Gasteiger partial charge in [0.15, 0.2) is 5.82 Å². The molecule has 0 amide bonds. The Hall–Kier alpha value is -1.81. The highest BCUT2D eigenvalue weighted by atomic mass is 15.0. The molecular weight excluding hydrogens is 248 g/mol. The summed E-state index contributed by atoms with van der Waals surface area (Å²) in [6.45, 7) is 4.59. The van der Waals surface area contributed by atoms with E-state index >= 15 is 0 Å². The third-order valence-corrected chi connectivity index (χ3v) is 3.92. The molecule has 20 heavy (non-hydrogen) atoms. The maximum absolute atomic E-state index is 4.76. The summed E-state index contributed by atoms with van der Waals surface area (Å²) in [7, 11) is 2.00. The van der Waals surface area contributed by atoms with Gasteiger partial charge in [0, 0.05) is 29.7 Å². The summed E-state index contributed by atoms with van der Waals surface area (Å²) in [6.07, 6.45) is 5.84. The number of nitrogens with one attached hydrogen (secondary N) is 1. The van der Waals surface area contributed by atoms with Crippen LogP contribution in [0.2, 0.25) is 0 Å². The summed E-state index contributed by atoms with van der Waals surface area (Å²) >= 11 is 0. The topological polar surface area (TPSA) is 50.7 Å². The third kappa shape index (κ3) is 2.43. The molecule has 0 radical (unpaired) electrons. The lowest BCUT2D eigenvalue weighted by Crippen LogP contribution is -2.32. The molecule has 0 bridgehead atoms. The summed E-state index contributed by atoms with van der Waals surface area (Å²) in [5.74, 6) is 0.719. The van der Waals surface area contributed by atoms with Gasteiger partial charge in [0.2, 0.25) is 0 Å². The second kappa shape index (κ2) is 4.94. The van der Waals surface area contributed by atoms with Gasteiger partial charge in [-0.3, -0.25) is 4.98 Å². The zero-order valence-corrected chi connectivity index (χ0v) is 12.2. The van der Waals surface area contributed by atoms with Crippen molar-refractivity contribution < 1.29 is 0 Å². The summed E-state index contributed by atoms with van der Waals surface area (Å²) in [5, 5.41) is 3.38. The molecular formula is C16H20N4. The number of rotatable bonds is 2. The largest absolute Gasteiger partial charge is 0.313 e. The number of nitrogens with zero attached hydrogens (tertiary/aromatic N) is 3. The highest BCUT2D eigenvalue weighted by Gasteiger charge is 2.32. The zero-order chi connectivity index (χ0) is 14.2. The minimum atomic E-state index is 0.260. The van der Waals surface area contributed by atoms with Crippen LogP contribution < -0.4 is 5.32 Å². The van der Waals surface area contributed by atoms with Gasteiger partial charge in [-0.25, -0.2) is 9.97 Å². The molecule has 1 atom stereocenters. The Bertz CT molecular complexity index is 607. The van der Waals surface area contributed by atoms with Crippen LogP contribution in [0.4, 0.5) is 0 Å². The van der Waals surface area contributed by atoms with Crippen LogP contribution >= 0.6 is 0 Å². The maximum atomic E-state index is 4.76. The molecule has 1 unspecified atom stereocenters. The number of pyridine rings is 1. The van der Waals surface area contributed by atoms with E-state index in [1.807, 2.05) is 31.4 Å². The molecule has 0 saturated carbocycles. The van der Waals surface area contributed by atoms with Gasteiger partial charge in [-0.05, 0) is 37.4 Å². The standard InChI is InChI=1S/C16H20N4/c1-16(2)8-13(17-3)11-10-19-15(20-14(11)9-16)12-6-4-5-7-18-12/h4-7,10,13,17H,8-9H2,1-3H3. The van der Waals surface area contributed by atoms with E-state index in [4.69, 9.17) is 4.98 Å². The smallest absolute Gasteiger partial charge is 0.178 e. The molecule has 1 aliphatic carbocycles. The molecule has 1 N–H and O–H groups in total. The van der Waals surface area contributed by atoms with Gasteiger partial charge in [-0.1, -0.05) is 19.9 Å². The van der Waals surface area contributed by atoms with Crippen LogP contribution in [0.25, 0.3) is 11.5 Å². The van der Waals surface area contributed by atoms with Crippen molar-refractivity contribution in [2.24, 2.45) is 5.41 Å². The molecule has 3 rings (SSSR count). The first-order valence-corrected chi connectivity index (χ1v) is 7.03. The van der Waals surface area contributed by atoms with Gasteiger partial charge in [0.1, 0.15) is 5.69 Å². The molecule has 4 heteroatoms. The summed E-state index contributed by atoms with van der Waals surface area (Å²) in [4.78, 5) is 13.6. The first-order chi connectivity index (χ1) is 9.59. The lowest BCUT2D eigenvalue weighted by molar-refractivity contribution is 0.260. The predicted molar refractivity (Wildman–Crippen MR) is 79.2 cm³/mol. The predicted octanol–water partition coefficient (Wildman–Crippen LogP) is 2.77. The van der Waals surface area contributed by atoms with Gasteiger partial charge in [-0.15, -0.1) is 0 Å². The van der Waals surface area contributed by atoms with Crippen molar-refractivity contribution in [3.8, 4) is 11.5 Å². The fraction of sp³-hybridized carbons (Fsp3) is 0.438. The van der Waals surface area contributed by atoms with Gasteiger partial charge in [0.05, 0.1) is 0 Å². The van der Waals surface area contributed by atoms with Gasteiger partial charge in [0.25, 0.3) is 0 Å². The zero-order valence-electron chi connectivity index (χ0n) is 12.2. The number of aromatic nitrogens is 3. The number of fused-ring (bicyclic) bond motifs is 1. The Morgan fingerprint density at radius 3 is 2.80 bits per heavy atom. The minimum absolute atomic E-state index is 0.260. The van der Waals surface area contributed by atoms with E-state index in [9.17, 15) is 0 Å². The van der Waals surface area contributed by atoms with E-state index in [1.165, 1.54) is 5.56 Å². The third-order valence-electron chi connectivity index (χ3n) is 3.92. The first kappa shape index (κ1) is 13.2. The Morgan fingerprint density at radius 1 is 1.25 bits per heavy atom. The Labute approximate surface area is 119 Å². The van der Waals surface area contributed by atoms with Gasteiger partial charge in [-0.2, -0.15) is 0 Å². The summed E-state index contributed by atoms with van der Waals surface area (Å²) in [5.41, 5.74) is 3.47. The molecule has 4 nitrogen and oxygen atoms in total. The van der Waals surface area contributed by atoms with Gasteiger partial charge < -0.3 is 5.32 Å². The summed E-state index contributed by atoms with van der Waals surface area (Å²) < 4.78 is 0. The van der Waals surface area contributed by atoms with Crippen molar-refractivity contribution in [2.75, 3.05) is 7.05 Å². The molecule has 104 valence electrons. The van der Waals surface area contributed by atoms with Crippen LogP contribution in [-0.2, 0) is 6.42 Å². The van der Waals surface area contributed by atoms with Gasteiger partial charge >= 0.3 is 0 Å². The number of hydrogen-bond acceptors (Lipinski definition) is 4. The van der Waals surface area contributed by atoms with E-state index in [2.05, 4.69) is 29.1 Å². The highest BCUT2D eigenvalue weighted by Crippen LogP contribution is 2.39. The molecule has 0 spiro atoms. The lowest BCUT2D eigenvalue weighted by Gasteiger charge is -2.36. The molecule has 2 heterocycles. The average molecular weight is 268 g/mol. The quantitative estimate of drug-likeness (QED) is 0.910. The molecule has 2 aromatic heterocycles. The highest BCUT2D eigenvalue weighted by molar-refractivity contribution is 5.49. The van der Waals surface area contributed by atoms with E-state index in [1.54, 1.807) is 6.20 Å². The van der Waals surface area contributed by atoms with Crippen molar-refractivity contribution in [2.45, 2.75) is 32.7 Å². The SMILES string of the molecule is CNC1CC(C)(C)Cc2nc(-c3ccccn3)ncc21. The molecule has 2 aromatic rings. The minimum Gasteiger partial charge on any atom is -0.313 e. The molecule has 1 aliphatic rings. The Balaban J connectivity index is 2.04. The Kier molecular flexibility index (Phi) is 3.26.